The number of cyclic esters (lactones) is 1. The molecule has 30 heavy (non-hydrogen) atoms. The van der Waals surface area contributed by atoms with Gasteiger partial charge in [-0.15, -0.1) is 0 Å². The lowest BCUT2D eigenvalue weighted by Gasteiger charge is -2.30. The van der Waals surface area contributed by atoms with Crippen molar-refractivity contribution in [3.63, 3.8) is 0 Å². The average Bonchev–Trinajstić information content (AvgIpc) is 3.39. The number of carbonyl (C=O) groups is 3. The third-order valence-corrected chi connectivity index (χ3v) is 5.70. The molecule has 1 unspecified atom stereocenters. The number of amides is 2. The normalized spacial score (nSPS) is 19.1. The van der Waals surface area contributed by atoms with Crippen LogP contribution in [-0.4, -0.2) is 79.7 Å². The fraction of sp³-hybridized carbons (Fsp3) is 0.591. The Morgan fingerprint density at radius 2 is 1.97 bits per heavy atom. The predicted molar refractivity (Wildman–Crippen MR) is 113 cm³/mol. The minimum atomic E-state index is -0.369. The molecule has 8 nitrogen and oxygen atoms in total. The van der Waals surface area contributed by atoms with Crippen molar-refractivity contribution in [2.45, 2.75) is 39.2 Å². The zero-order chi connectivity index (χ0) is 21.5. The van der Waals surface area contributed by atoms with Crippen molar-refractivity contribution in [3.8, 4) is 0 Å². The van der Waals surface area contributed by atoms with Crippen LogP contribution in [0.5, 0.6) is 0 Å². The fourth-order valence-corrected chi connectivity index (χ4v) is 4.10. The molecular weight excluding hydrogens is 386 g/mol. The van der Waals surface area contributed by atoms with E-state index in [2.05, 4.69) is 11.8 Å². The van der Waals surface area contributed by atoms with E-state index in [0.29, 0.717) is 50.1 Å². The maximum absolute atomic E-state index is 13.2. The Kier molecular flexibility index (Phi) is 7.68. The highest BCUT2D eigenvalue weighted by molar-refractivity contribution is 5.96. The monoisotopic (exact) mass is 417 g/mol. The van der Waals surface area contributed by atoms with Gasteiger partial charge in [0.2, 0.25) is 0 Å². The van der Waals surface area contributed by atoms with Gasteiger partial charge in [-0.2, -0.15) is 0 Å². The number of hydrogen-bond donors (Lipinski definition) is 0. The topological polar surface area (TPSA) is 79.4 Å². The van der Waals surface area contributed by atoms with Crippen LogP contribution in [0.15, 0.2) is 24.3 Å². The standard InChI is InChI=1S/C22H31N3O5/c1-3-23-12-5-6-19(23)16-24(13-11-20(26)29-4-2)21(27)17-7-9-18(10-8-17)25-14-15-30-22(25)28/h7-10,19H,3-6,11-16H2,1-2H3. The molecule has 0 aliphatic carbocycles. The molecule has 2 saturated heterocycles. The minimum Gasteiger partial charge on any atom is -0.466 e. The summed E-state index contributed by atoms with van der Waals surface area (Å²) in [6, 6.07) is 7.29. The van der Waals surface area contributed by atoms with E-state index in [1.54, 1.807) is 41.0 Å². The highest BCUT2D eigenvalue weighted by Crippen LogP contribution is 2.22. The fourth-order valence-electron chi connectivity index (χ4n) is 4.10. The Balaban J connectivity index is 1.71. The number of nitrogens with zero attached hydrogens (tertiary/aromatic N) is 3. The van der Waals surface area contributed by atoms with Crippen molar-refractivity contribution in [1.82, 2.24) is 9.80 Å². The first-order valence-corrected chi connectivity index (χ1v) is 10.8. The molecule has 1 atom stereocenters. The maximum Gasteiger partial charge on any atom is 0.414 e. The molecule has 2 amide bonds. The molecule has 0 aromatic heterocycles. The zero-order valence-corrected chi connectivity index (χ0v) is 17.8. The molecule has 8 heteroatoms. The number of anilines is 1. The van der Waals surface area contributed by atoms with Gasteiger partial charge < -0.3 is 14.4 Å². The third kappa shape index (κ3) is 5.30. The quantitative estimate of drug-likeness (QED) is 0.575. The van der Waals surface area contributed by atoms with Crippen LogP contribution in [0.4, 0.5) is 10.5 Å². The van der Waals surface area contributed by atoms with E-state index in [9.17, 15) is 14.4 Å². The largest absolute Gasteiger partial charge is 0.466 e. The summed E-state index contributed by atoms with van der Waals surface area (Å²) in [5.41, 5.74) is 1.25. The highest BCUT2D eigenvalue weighted by Gasteiger charge is 2.28. The highest BCUT2D eigenvalue weighted by atomic mass is 16.6. The first-order valence-electron chi connectivity index (χ1n) is 10.8. The Labute approximate surface area is 177 Å². The first kappa shape index (κ1) is 22.1. The van der Waals surface area contributed by atoms with E-state index in [1.165, 1.54) is 0 Å². The molecule has 0 saturated carbocycles. The molecule has 164 valence electrons. The first-order chi connectivity index (χ1) is 14.5. The van der Waals surface area contributed by atoms with E-state index >= 15 is 0 Å². The van der Waals surface area contributed by atoms with Crippen LogP contribution in [0.1, 0.15) is 43.5 Å². The van der Waals surface area contributed by atoms with Gasteiger partial charge in [-0.25, -0.2) is 4.79 Å². The lowest BCUT2D eigenvalue weighted by atomic mass is 10.1. The second kappa shape index (κ2) is 10.4. The van der Waals surface area contributed by atoms with Crippen molar-refractivity contribution < 1.29 is 23.9 Å². The minimum absolute atomic E-state index is 0.113. The van der Waals surface area contributed by atoms with Crippen LogP contribution in [0.3, 0.4) is 0 Å². The summed E-state index contributed by atoms with van der Waals surface area (Å²) < 4.78 is 10.0. The molecular formula is C22H31N3O5. The van der Waals surface area contributed by atoms with E-state index in [4.69, 9.17) is 9.47 Å². The van der Waals surface area contributed by atoms with E-state index in [1.807, 2.05) is 0 Å². The number of carbonyl (C=O) groups excluding carboxylic acids is 3. The zero-order valence-electron chi connectivity index (χ0n) is 17.8. The predicted octanol–water partition coefficient (Wildman–Crippen LogP) is 2.52. The van der Waals surface area contributed by atoms with E-state index in [0.717, 1.165) is 25.9 Å². The van der Waals surface area contributed by atoms with Crippen molar-refractivity contribution in [2.24, 2.45) is 0 Å². The van der Waals surface area contributed by atoms with Crippen molar-refractivity contribution in [2.75, 3.05) is 50.8 Å². The van der Waals surface area contributed by atoms with Gasteiger partial charge in [-0.1, -0.05) is 6.92 Å². The van der Waals surface area contributed by atoms with Crippen LogP contribution in [0.25, 0.3) is 0 Å². The van der Waals surface area contributed by atoms with E-state index in [-0.39, 0.29) is 24.4 Å². The average molecular weight is 418 g/mol. The number of rotatable bonds is 9. The second-order valence-electron chi connectivity index (χ2n) is 7.54. The van der Waals surface area contributed by atoms with Crippen molar-refractivity contribution in [1.29, 1.82) is 0 Å². The van der Waals surface area contributed by atoms with Gasteiger partial charge in [0.1, 0.15) is 6.61 Å². The van der Waals surface area contributed by atoms with Crippen LogP contribution in [0, 0.1) is 0 Å². The smallest absolute Gasteiger partial charge is 0.414 e. The molecule has 0 radical (unpaired) electrons. The molecule has 2 fully saturated rings. The summed E-state index contributed by atoms with van der Waals surface area (Å²) in [7, 11) is 0. The second-order valence-corrected chi connectivity index (χ2v) is 7.54. The molecule has 0 spiro atoms. The van der Waals surface area contributed by atoms with Gasteiger partial charge in [-0.05, 0) is 57.1 Å². The molecule has 1 aromatic rings. The molecule has 2 aliphatic heterocycles. The SMILES string of the molecule is CCOC(=O)CCN(CC1CCCN1CC)C(=O)c1ccc(N2CCOC2=O)cc1. The van der Waals surface area contributed by atoms with E-state index < -0.39 is 0 Å². The number of hydrogen-bond acceptors (Lipinski definition) is 6. The summed E-state index contributed by atoms with van der Waals surface area (Å²) >= 11 is 0. The van der Waals surface area contributed by atoms with Gasteiger partial charge >= 0.3 is 12.1 Å². The van der Waals surface area contributed by atoms with Crippen LogP contribution < -0.4 is 4.90 Å². The molecule has 2 aliphatic rings. The van der Waals surface area contributed by atoms with Gasteiger partial charge in [0, 0.05) is 30.4 Å². The van der Waals surface area contributed by atoms with Crippen LogP contribution in [-0.2, 0) is 14.3 Å². The van der Waals surface area contributed by atoms with Crippen molar-refractivity contribution >= 4 is 23.7 Å². The number of ether oxygens (including phenoxy) is 2. The maximum atomic E-state index is 13.2. The number of benzene rings is 1. The van der Waals surface area contributed by atoms with Gasteiger partial charge in [0.15, 0.2) is 0 Å². The molecule has 2 heterocycles. The summed E-state index contributed by atoms with van der Waals surface area (Å²) in [5, 5.41) is 0. The molecule has 0 N–H and O–H groups in total. The summed E-state index contributed by atoms with van der Waals surface area (Å²) in [4.78, 5) is 42.5. The van der Waals surface area contributed by atoms with Crippen LogP contribution in [0.2, 0.25) is 0 Å². The molecule has 0 bridgehead atoms. The molecule has 1 aromatic carbocycles. The number of likely N-dealkylation sites (tertiary alicyclic amines) is 1. The Hall–Kier alpha value is -2.61. The Morgan fingerprint density at radius 1 is 1.20 bits per heavy atom. The Bertz CT molecular complexity index is 752. The van der Waals surface area contributed by atoms with Crippen molar-refractivity contribution in [3.05, 3.63) is 29.8 Å². The number of esters is 1. The summed E-state index contributed by atoms with van der Waals surface area (Å²) in [5.74, 6) is -0.408. The third-order valence-electron chi connectivity index (χ3n) is 5.70. The molecule has 3 rings (SSSR count). The van der Waals surface area contributed by atoms with Gasteiger partial charge in [0.05, 0.1) is 19.6 Å². The summed E-state index contributed by atoms with van der Waals surface area (Å²) in [6.45, 7) is 8.02. The van der Waals surface area contributed by atoms with Gasteiger partial charge in [0.25, 0.3) is 5.91 Å². The summed E-state index contributed by atoms with van der Waals surface area (Å²) in [6.07, 6.45) is 1.98. The van der Waals surface area contributed by atoms with Crippen LogP contribution >= 0.6 is 0 Å². The van der Waals surface area contributed by atoms with Gasteiger partial charge in [-0.3, -0.25) is 19.4 Å². The number of likely N-dealkylation sites (N-methyl/N-ethyl adjacent to an activating group) is 1. The Morgan fingerprint density at radius 3 is 2.60 bits per heavy atom. The lowest BCUT2D eigenvalue weighted by Crippen LogP contribution is -2.44. The lowest BCUT2D eigenvalue weighted by molar-refractivity contribution is -0.143.